The van der Waals surface area contributed by atoms with Gasteiger partial charge in [0.15, 0.2) is 0 Å². The lowest BCUT2D eigenvalue weighted by Gasteiger charge is -2.27. The monoisotopic (exact) mass is 458 g/mol. The van der Waals surface area contributed by atoms with E-state index in [4.69, 9.17) is 4.74 Å². The third-order valence-electron chi connectivity index (χ3n) is 6.28. The zero-order valence-electron chi connectivity index (χ0n) is 18.8. The molecule has 3 aromatic rings. The molecule has 1 aromatic heterocycles. The predicted molar refractivity (Wildman–Crippen MR) is 128 cm³/mol. The Morgan fingerprint density at radius 1 is 0.971 bits per heavy atom. The normalized spacial score (nSPS) is 15.6. The summed E-state index contributed by atoms with van der Waals surface area (Å²) >= 11 is 0. The number of nitrogens with one attached hydrogen (secondary N) is 1. The van der Waals surface area contributed by atoms with Gasteiger partial charge in [-0.15, -0.1) is 0 Å². The van der Waals surface area contributed by atoms with E-state index in [2.05, 4.69) is 15.2 Å². The fourth-order valence-electron chi connectivity index (χ4n) is 4.47. The zero-order chi connectivity index (χ0) is 23.5. The summed E-state index contributed by atoms with van der Waals surface area (Å²) in [5, 5.41) is 4.48. The molecule has 34 heavy (non-hydrogen) atoms. The summed E-state index contributed by atoms with van der Waals surface area (Å²) in [5.41, 5.74) is 1.98. The molecule has 0 spiro atoms. The number of imide groups is 1. The van der Waals surface area contributed by atoms with Crippen LogP contribution in [0.1, 0.15) is 39.1 Å². The van der Waals surface area contributed by atoms with Gasteiger partial charge in [-0.25, -0.2) is 4.98 Å². The van der Waals surface area contributed by atoms with Crippen LogP contribution >= 0.6 is 0 Å². The van der Waals surface area contributed by atoms with Crippen molar-refractivity contribution in [1.29, 1.82) is 0 Å². The van der Waals surface area contributed by atoms with E-state index in [9.17, 15) is 14.4 Å². The first-order chi connectivity index (χ1) is 16.6. The second kappa shape index (κ2) is 9.61. The molecule has 1 fully saturated rings. The number of hydrogen-bond donors (Lipinski definition) is 1. The standard InChI is InChI=1S/C26H26N4O4/c31-23(28-17-18-9-10-22(27-16-18)29-12-14-34-15-13-29)8-3-11-30-25(32)20-6-1-4-19-5-2-7-21(24(19)20)26(30)33/h1-2,4-7,9-10,16H,3,8,11-15,17H2,(H,28,31). The third-order valence-corrected chi connectivity index (χ3v) is 6.28. The molecule has 2 aliphatic heterocycles. The average molecular weight is 459 g/mol. The first-order valence-electron chi connectivity index (χ1n) is 11.5. The topological polar surface area (TPSA) is 91.8 Å². The van der Waals surface area contributed by atoms with Crippen molar-refractivity contribution in [1.82, 2.24) is 15.2 Å². The molecular weight excluding hydrogens is 432 g/mol. The second-order valence-electron chi connectivity index (χ2n) is 8.48. The Kier molecular flexibility index (Phi) is 6.22. The summed E-state index contributed by atoms with van der Waals surface area (Å²) in [4.78, 5) is 46.1. The van der Waals surface area contributed by atoms with E-state index < -0.39 is 0 Å². The van der Waals surface area contributed by atoms with Gasteiger partial charge in [0.05, 0.1) is 13.2 Å². The van der Waals surface area contributed by atoms with Crippen molar-refractivity contribution in [3.8, 4) is 0 Å². The van der Waals surface area contributed by atoms with E-state index in [0.29, 0.717) is 42.7 Å². The summed E-state index contributed by atoms with van der Waals surface area (Å²) in [5.74, 6) is 0.172. The van der Waals surface area contributed by atoms with Crippen LogP contribution in [0.2, 0.25) is 0 Å². The van der Waals surface area contributed by atoms with Crippen molar-refractivity contribution in [2.75, 3.05) is 37.7 Å². The van der Waals surface area contributed by atoms with Gasteiger partial charge in [0.25, 0.3) is 11.8 Å². The van der Waals surface area contributed by atoms with Crippen molar-refractivity contribution in [3.63, 3.8) is 0 Å². The third kappa shape index (κ3) is 4.36. The minimum atomic E-state index is -0.304. The molecule has 3 heterocycles. The molecule has 174 valence electrons. The van der Waals surface area contributed by atoms with Gasteiger partial charge in [-0.1, -0.05) is 30.3 Å². The number of benzene rings is 2. The van der Waals surface area contributed by atoms with Crippen molar-refractivity contribution in [2.45, 2.75) is 19.4 Å². The zero-order valence-corrected chi connectivity index (χ0v) is 18.8. The summed E-state index contributed by atoms with van der Waals surface area (Å²) in [6, 6.07) is 14.9. The maximum absolute atomic E-state index is 12.9. The molecule has 0 radical (unpaired) electrons. The number of ether oxygens (including phenoxy) is 1. The smallest absolute Gasteiger partial charge is 0.261 e. The highest BCUT2D eigenvalue weighted by molar-refractivity contribution is 6.25. The Hall–Kier alpha value is -3.78. The lowest BCUT2D eigenvalue weighted by molar-refractivity contribution is -0.121. The molecule has 8 nitrogen and oxygen atoms in total. The van der Waals surface area contributed by atoms with Crippen molar-refractivity contribution in [3.05, 3.63) is 71.4 Å². The van der Waals surface area contributed by atoms with Gasteiger partial charge in [0, 0.05) is 55.3 Å². The molecule has 2 aromatic carbocycles. The summed E-state index contributed by atoms with van der Waals surface area (Å²) in [6.07, 6.45) is 2.39. The molecule has 3 amide bonds. The van der Waals surface area contributed by atoms with Crippen LogP contribution < -0.4 is 10.2 Å². The molecule has 1 N–H and O–H groups in total. The molecule has 2 aliphatic rings. The second-order valence-corrected chi connectivity index (χ2v) is 8.48. The first kappa shape index (κ1) is 22.0. The number of rotatable bonds is 7. The molecule has 0 atom stereocenters. The first-order valence-corrected chi connectivity index (χ1v) is 11.5. The minimum absolute atomic E-state index is 0.128. The Morgan fingerprint density at radius 2 is 1.68 bits per heavy atom. The molecule has 1 saturated heterocycles. The van der Waals surface area contributed by atoms with Crippen LogP contribution in [-0.2, 0) is 16.1 Å². The van der Waals surface area contributed by atoms with E-state index in [0.717, 1.165) is 29.9 Å². The highest BCUT2D eigenvalue weighted by atomic mass is 16.5. The molecule has 0 unspecified atom stereocenters. The Bertz CT molecular complexity index is 1180. The van der Waals surface area contributed by atoms with Gasteiger partial charge in [-0.3, -0.25) is 19.3 Å². The molecule has 0 saturated carbocycles. The van der Waals surface area contributed by atoms with Crippen LogP contribution in [0.4, 0.5) is 5.82 Å². The SMILES string of the molecule is O=C(CCCN1C(=O)c2cccc3cccc(c23)C1=O)NCc1ccc(N2CCOCC2)nc1. The number of pyridine rings is 1. The minimum Gasteiger partial charge on any atom is -0.378 e. The number of amides is 3. The number of carbonyl (C=O) groups excluding carboxylic acids is 3. The number of aromatic nitrogens is 1. The van der Waals surface area contributed by atoms with Gasteiger partial charge in [-0.05, 0) is 35.6 Å². The van der Waals surface area contributed by atoms with Crippen LogP contribution in [0.15, 0.2) is 54.7 Å². The number of hydrogen-bond acceptors (Lipinski definition) is 6. The summed E-state index contributed by atoms with van der Waals surface area (Å²) < 4.78 is 5.36. The maximum Gasteiger partial charge on any atom is 0.261 e. The highest BCUT2D eigenvalue weighted by Crippen LogP contribution is 2.30. The van der Waals surface area contributed by atoms with Crippen LogP contribution in [-0.4, -0.2) is 60.5 Å². The summed E-state index contributed by atoms with van der Waals surface area (Å²) in [7, 11) is 0. The average Bonchev–Trinajstić information content (AvgIpc) is 2.88. The molecule has 8 heteroatoms. The van der Waals surface area contributed by atoms with Crippen LogP contribution in [0.25, 0.3) is 10.8 Å². The number of nitrogens with zero attached hydrogens (tertiary/aromatic N) is 3. The molecular formula is C26H26N4O4. The van der Waals surface area contributed by atoms with Crippen molar-refractivity contribution >= 4 is 34.3 Å². The fourth-order valence-corrected chi connectivity index (χ4v) is 4.47. The van der Waals surface area contributed by atoms with Crippen LogP contribution in [0.5, 0.6) is 0 Å². The van der Waals surface area contributed by atoms with E-state index in [1.54, 1.807) is 18.3 Å². The number of morpholine rings is 1. The van der Waals surface area contributed by atoms with Gasteiger partial charge in [0.2, 0.25) is 5.91 Å². The van der Waals surface area contributed by atoms with Gasteiger partial charge in [0.1, 0.15) is 5.82 Å². The van der Waals surface area contributed by atoms with Crippen molar-refractivity contribution in [2.24, 2.45) is 0 Å². The Balaban J connectivity index is 1.12. The van der Waals surface area contributed by atoms with Crippen molar-refractivity contribution < 1.29 is 19.1 Å². The Morgan fingerprint density at radius 3 is 2.32 bits per heavy atom. The lowest BCUT2D eigenvalue weighted by Crippen LogP contribution is -2.41. The van der Waals surface area contributed by atoms with E-state index >= 15 is 0 Å². The molecule has 5 rings (SSSR count). The van der Waals surface area contributed by atoms with Gasteiger partial charge >= 0.3 is 0 Å². The maximum atomic E-state index is 12.9. The van der Waals surface area contributed by atoms with E-state index in [1.807, 2.05) is 36.4 Å². The molecule has 0 bridgehead atoms. The number of carbonyl (C=O) groups is 3. The summed E-state index contributed by atoms with van der Waals surface area (Å²) in [6.45, 7) is 3.64. The largest absolute Gasteiger partial charge is 0.378 e. The number of anilines is 1. The van der Waals surface area contributed by atoms with Gasteiger partial charge < -0.3 is 15.0 Å². The van der Waals surface area contributed by atoms with Crippen LogP contribution in [0.3, 0.4) is 0 Å². The van der Waals surface area contributed by atoms with E-state index in [1.165, 1.54) is 4.90 Å². The highest BCUT2D eigenvalue weighted by Gasteiger charge is 2.32. The molecule has 0 aliphatic carbocycles. The van der Waals surface area contributed by atoms with Gasteiger partial charge in [-0.2, -0.15) is 0 Å². The Labute approximate surface area is 197 Å². The lowest BCUT2D eigenvalue weighted by atomic mass is 9.94. The van der Waals surface area contributed by atoms with E-state index in [-0.39, 0.29) is 30.7 Å². The quantitative estimate of drug-likeness (QED) is 0.548. The fraction of sp³-hybridized carbons (Fsp3) is 0.308. The van der Waals surface area contributed by atoms with Crippen LogP contribution in [0, 0.1) is 0 Å². The predicted octanol–water partition coefficient (Wildman–Crippen LogP) is 2.76.